The number of esters is 1. The Balaban J connectivity index is 1.80. The van der Waals surface area contributed by atoms with Gasteiger partial charge in [0.05, 0.1) is 25.4 Å². The van der Waals surface area contributed by atoms with E-state index >= 15 is 0 Å². The van der Waals surface area contributed by atoms with Crippen LogP contribution in [0, 0.1) is 5.92 Å². The number of hydrogen-bond acceptors (Lipinski definition) is 4. The van der Waals surface area contributed by atoms with Gasteiger partial charge in [-0.25, -0.2) is 4.79 Å². The van der Waals surface area contributed by atoms with Gasteiger partial charge in [0.1, 0.15) is 5.75 Å². The molecule has 22 heavy (non-hydrogen) atoms. The average molecular weight is 298 g/mol. The molecule has 1 N–H and O–H groups in total. The number of aliphatic hydroxyl groups is 1. The largest absolute Gasteiger partial charge is 0.493 e. The van der Waals surface area contributed by atoms with Crippen LogP contribution in [0.3, 0.4) is 0 Å². The summed E-state index contributed by atoms with van der Waals surface area (Å²) >= 11 is 0. The number of ether oxygens (including phenoxy) is 2. The summed E-state index contributed by atoms with van der Waals surface area (Å²) in [4.78, 5) is 11.5. The van der Waals surface area contributed by atoms with Crippen molar-refractivity contribution in [1.82, 2.24) is 0 Å². The van der Waals surface area contributed by atoms with Crippen molar-refractivity contribution in [3.05, 3.63) is 65.2 Å². The van der Waals surface area contributed by atoms with Crippen molar-refractivity contribution < 1.29 is 19.4 Å². The molecule has 0 radical (unpaired) electrons. The molecular formula is C18H18O4. The molecule has 114 valence electrons. The van der Waals surface area contributed by atoms with Crippen LogP contribution in [0.1, 0.15) is 27.6 Å². The SMILES string of the molecule is COC(=O)c1ccc2c(c1)OC[C@H](Cc1ccccc1)[C@H]2O. The second kappa shape index (κ2) is 6.20. The zero-order valence-electron chi connectivity index (χ0n) is 12.4. The molecule has 1 aliphatic rings. The molecule has 3 rings (SSSR count). The van der Waals surface area contributed by atoms with Crippen molar-refractivity contribution in [2.45, 2.75) is 12.5 Å². The molecule has 1 heterocycles. The molecule has 0 aliphatic carbocycles. The number of rotatable bonds is 3. The van der Waals surface area contributed by atoms with Crippen molar-refractivity contribution >= 4 is 5.97 Å². The lowest BCUT2D eigenvalue weighted by Crippen LogP contribution is -2.27. The van der Waals surface area contributed by atoms with Gasteiger partial charge in [-0.3, -0.25) is 0 Å². The van der Waals surface area contributed by atoms with Gasteiger partial charge in [0.25, 0.3) is 0 Å². The van der Waals surface area contributed by atoms with Gasteiger partial charge in [-0.2, -0.15) is 0 Å². The van der Waals surface area contributed by atoms with Gasteiger partial charge in [-0.1, -0.05) is 36.4 Å². The summed E-state index contributed by atoms with van der Waals surface area (Å²) < 4.78 is 10.4. The fraction of sp³-hybridized carbons (Fsp3) is 0.278. The lowest BCUT2D eigenvalue weighted by molar-refractivity contribution is 0.0498. The molecule has 1 aliphatic heterocycles. The Morgan fingerprint density at radius 1 is 1.27 bits per heavy atom. The second-order valence-corrected chi connectivity index (χ2v) is 5.45. The van der Waals surface area contributed by atoms with Crippen LogP contribution in [0.15, 0.2) is 48.5 Å². The van der Waals surface area contributed by atoms with Crippen LogP contribution < -0.4 is 4.74 Å². The number of carbonyl (C=O) groups excluding carboxylic acids is 1. The van der Waals surface area contributed by atoms with E-state index in [0.717, 1.165) is 12.0 Å². The summed E-state index contributed by atoms with van der Waals surface area (Å²) in [6.45, 7) is 0.424. The number of aliphatic hydroxyl groups excluding tert-OH is 1. The average Bonchev–Trinajstić information content (AvgIpc) is 2.57. The number of hydrogen-bond donors (Lipinski definition) is 1. The number of methoxy groups -OCH3 is 1. The van der Waals surface area contributed by atoms with Crippen LogP contribution in [0.4, 0.5) is 0 Å². The first-order valence-electron chi connectivity index (χ1n) is 7.26. The predicted octanol–water partition coefficient (Wildman–Crippen LogP) is 2.76. The van der Waals surface area contributed by atoms with E-state index in [1.807, 2.05) is 30.3 Å². The van der Waals surface area contributed by atoms with Gasteiger partial charge in [0.15, 0.2) is 0 Å². The summed E-state index contributed by atoms with van der Waals surface area (Å²) in [5.41, 5.74) is 2.32. The van der Waals surface area contributed by atoms with Crippen molar-refractivity contribution in [3.63, 3.8) is 0 Å². The highest BCUT2D eigenvalue weighted by atomic mass is 16.5. The van der Waals surface area contributed by atoms with Crippen molar-refractivity contribution in [2.24, 2.45) is 5.92 Å². The van der Waals surface area contributed by atoms with E-state index in [9.17, 15) is 9.90 Å². The molecule has 0 bridgehead atoms. The first-order valence-corrected chi connectivity index (χ1v) is 7.26. The lowest BCUT2D eigenvalue weighted by Gasteiger charge is -2.30. The number of benzene rings is 2. The van der Waals surface area contributed by atoms with Crippen LogP contribution in [-0.4, -0.2) is 24.8 Å². The first-order chi connectivity index (χ1) is 10.7. The molecule has 4 nitrogen and oxygen atoms in total. The summed E-state index contributed by atoms with van der Waals surface area (Å²) in [7, 11) is 1.34. The van der Waals surface area contributed by atoms with E-state index in [1.165, 1.54) is 12.7 Å². The summed E-state index contributed by atoms with van der Waals surface area (Å²) in [6, 6.07) is 15.1. The molecule has 0 unspecified atom stereocenters. The highest BCUT2D eigenvalue weighted by Gasteiger charge is 2.30. The third-order valence-electron chi connectivity index (χ3n) is 3.99. The molecular weight excluding hydrogens is 280 g/mol. The molecule has 0 fully saturated rings. The van der Waals surface area contributed by atoms with Gasteiger partial charge in [0, 0.05) is 11.5 Å². The maximum Gasteiger partial charge on any atom is 0.337 e. The van der Waals surface area contributed by atoms with Gasteiger partial charge in [0.2, 0.25) is 0 Å². The molecule has 2 aromatic rings. The van der Waals surface area contributed by atoms with Gasteiger partial charge in [-0.05, 0) is 24.1 Å². The maximum atomic E-state index is 11.5. The Morgan fingerprint density at radius 2 is 2.05 bits per heavy atom. The van der Waals surface area contributed by atoms with Crippen molar-refractivity contribution in [2.75, 3.05) is 13.7 Å². The zero-order chi connectivity index (χ0) is 15.5. The summed E-state index contributed by atoms with van der Waals surface area (Å²) in [5, 5.41) is 10.6. The lowest BCUT2D eigenvalue weighted by atomic mass is 9.88. The maximum absolute atomic E-state index is 11.5. The van der Waals surface area contributed by atoms with Crippen LogP contribution >= 0.6 is 0 Å². The third kappa shape index (κ3) is 2.83. The fourth-order valence-electron chi connectivity index (χ4n) is 2.78. The normalized spacial score (nSPS) is 19.9. The number of fused-ring (bicyclic) bond motifs is 1. The fourth-order valence-corrected chi connectivity index (χ4v) is 2.78. The van der Waals surface area contributed by atoms with Crippen LogP contribution in [0.5, 0.6) is 5.75 Å². The van der Waals surface area contributed by atoms with Crippen LogP contribution in [0.2, 0.25) is 0 Å². The van der Waals surface area contributed by atoms with E-state index in [0.29, 0.717) is 17.9 Å². The molecule has 0 spiro atoms. The van der Waals surface area contributed by atoms with Crippen LogP contribution in [-0.2, 0) is 11.2 Å². The van der Waals surface area contributed by atoms with Crippen LogP contribution in [0.25, 0.3) is 0 Å². The molecule has 0 aromatic heterocycles. The molecule has 4 heteroatoms. The second-order valence-electron chi connectivity index (χ2n) is 5.45. The Labute approximate surface area is 129 Å². The number of carbonyl (C=O) groups is 1. The third-order valence-corrected chi connectivity index (χ3v) is 3.99. The molecule has 2 aromatic carbocycles. The van der Waals surface area contributed by atoms with Gasteiger partial charge >= 0.3 is 5.97 Å². The topological polar surface area (TPSA) is 55.8 Å². The summed E-state index contributed by atoms with van der Waals surface area (Å²) in [5.74, 6) is 0.144. The van der Waals surface area contributed by atoms with E-state index < -0.39 is 12.1 Å². The Kier molecular flexibility index (Phi) is 4.11. The minimum atomic E-state index is -0.601. The monoisotopic (exact) mass is 298 g/mol. The van der Waals surface area contributed by atoms with Crippen molar-refractivity contribution in [1.29, 1.82) is 0 Å². The summed E-state index contributed by atoms with van der Waals surface area (Å²) in [6.07, 6.45) is 0.149. The Morgan fingerprint density at radius 3 is 2.77 bits per heavy atom. The standard InChI is InChI=1S/C18H18O4/c1-21-18(20)13-7-8-15-16(10-13)22-11-14(17(15)19)9-12-5-3-2-4-6-12/h2-8,10,14,17,19H,9,11H2,1H3/t14-,17+/m0/s1. The van der Waals surface area contributed by atoms with E-state index in [1.54, 1.807) is 18.2 Å². The quantitative estimate of drug-likeness (QED) is 0.885. The highest BCUT2D eigenvalue weighted by Crippen LogP contribution is 2.37. The van der Waals surface area contributed by atoms with Gasteiger partial charge in [-0.15, -0.1) is 0 Å². The zero-order valence-corrected chi connectivity index (χ0v) is 12.4. The van der Waals surface area contributed by atoms with E-state index in [-0.39, 0.29) is 5.92 Å². The first kappa shape index (κ1) is 14.6. The molecule has 0 amide bonds. The Bertz CT molecular complexity index is 666. The van der Waals surface area contributed by atoms with E-state index in [4.69, 9.17) is 9.47 Å². The minimum absolute atomic E-state index is 0.00104. The smallest absolute Gasteiger partial charge is 0.337 e. The van der Waals surface area contributed by atoms with Crippen molar-refractivity contribution in [3.8, 4) is 5.75 Å². The predicted molar refractivity (Wildman–Crippen MR) is 81.9 cm³/mol. The molecule has 2 atom stereocenters. The molecule has 0 saturated heterocycles. The van der Waals surface area contributed by atoms with E-state index in [2.05, 4.69) is 0 Å². The molecule has 0 saturated carbocycles. The Hall–Kier alpha value is -2.33. The highest BCUT2D eigenvalue weighted by molar-refractivity contribution is 5.90. The van der Waals surface area contributed by atoms with Gasteiger partial charge < -0.3 is 14.6 Å². The minimum Gasteiger partial charge on any atom is -0.493 e.